The van der Waals surface area contributed by atoms with E-state index in [1.807, 2.05) is 30.3 Å². The van der Waals surface area contributed by atoms with Crippen LogP contribution in [0.5, 0.6) is 0 Å². The Bertz CT molecular complexity index is 382. The molecular formula is C14H19NO2. The van der Waals surface area contributed by atoms with Crippen LogP contribution in [0.1, 0.15) is 43.7 Å². The van der Waals surface area contributed by atoms with E-state index in [4.69, 9.17) is 5.73 Å². The van der Waals surface area contributed by atoms with Crippen molar-refractivity contribution in [3.05, 3.63) is 35.9 Å². The summed E-state index contributed by atoms with van der Waals surface area (Å²) in [7, 11) is 0. The molecule has 0 amide bonds. The molecule has 1 aromatic rings. The van der Waals surface area contributed by atoms with Gasteiger partial charge in [-0.05, 0) is 18.4 Å². The molecule has 0 heterocycles. The molecule has 1 fully saturated rings. The van der Waals surface area contributed by atoms with E-state index in [1.54, 1.807) is 0 Å². The lowest BCUT2D eigenvalue weighted by Crippen LogP contribution is -2.43. The van der Waals surface area contributed by atoms with E-state index in [1.165, 1.54) is 0 Å². The number of carboxylic acids is 1. The normalized spacial score (nSPS) is 20.8. The van der Waals surface area contributed by atoms with Crippen molar-refractivity contribution in [2.24, 2.45) is 11.1 Å². The molecule has 3 heteroatoms. The molecule has 1 aliphatic carbocycles. The first-order valence-corrected chi connectivity index (χ1v) is 6.21. The highest BCUT2D eigenvalue weighted by Gasteiger charge is 2.45. The topological polar surface area (TPSA) is 63.3 Å². The molecule has 0 unspecified atom stereocenters. The van der Waals surface area contributed by atoms with Crippen molar-refractivity contribution in [1.82, 2.24) is 0 Å². The van der Waals surface area contributed by atoms with Crippen molar-refractivity contribution in [2.45, 2.75) is 38.1 Å². The van der Waals surface area contributed by atoms with Crippen LogP contribution < -0.4 is 5.73 Å². The molecule has 1 aromatic carbocycles. The Morgan fingerprint density at radius 3 is 2.29 bits per heavy atom. The second kappa shape index (κ2) is 4.88. The Kier molecular flexibility index (Phi) is 3.48. The van der Waals surface area contributed by atoms with Crippen LogP contribution in [0, 0.1) is 5.41 Å². The Morgan fingerprint density at radius 2 is 1.76 bits per heavy atom. The molecule has 0 saturated heterocycles. The summed E-state index contributed by atoms with van der Waals surface area (Å²) in [5, 5.41) is 9.54. The summed E-state index contributed by atoms with van der Waals surface area (Å²) in [5.74, 6) is -0.742. The average Bonchev–Trinajstić information content (AvgIpc) is 2.39. The molecule has 1 atom stereocenters. The molecule has 0 radical (unpaired) electrons. The van der Waals surface area contributed by atoms with E-state index in [9.17, 15) is 9.90 Å². The van der Waals surface area contributed by atoms with Crippen molar-refractivity contribution in [2.75, 3.05) is 0 Å². The maximum absolute atomic E-state index is 11.6. The maximum atomic E-state index is 11.6. The molecule has 92 valence electrons. The minimum absolute atomic E-state index is 0.401. The quantitative estimate of drug-likeness (QED) is 0.843. The first-order chi connectivity index (χ1) is 8.17. The van der Waals surface area contributed by atoms with Crippen molar-refractivity contribution in [3.8, 4) is 0 Å². The lowest BCUT2D eigenvalue weighted by Gasteiger charge is -2.38. The first-order valence-electron chi connectivity index (χ1n) is 6.21. The van der Waals surface area contributed by atoms with Crippen LogP contribution >= 0.6 is 0 Å². The number of carboxylic acid groups (broad SMARTS) is 1. The summed E-state index contributed by atoms with van der Waals surface area (Å²) in [6.45, 7) is 0. The minimum atomic E-state index is -0.764. The lowest BCUT2D eigenvalue weighted by atomic mass is 9.67. The fourth-order valence-corrected chi connectivity index (χ4v) is 2.82. The fraction of sp³-hybridized carbons (Fsp3) is 0.500. The number of aliphatic carboxylic acids is 1. The second-order valence-corrected chi connectivity index (χ2v) is 4.91. The zero-order chi connectivity index (χ0) is 12.3. The monoisotopic (exact) mass is 233 g/mol. The van der Waals surface area contributed by atoms with Crippen molar-refractivity contribution in [1.29, 1.82) is 0 Å². The molecular weight excluding hydrogens is 214 g/mol. The zero-order valence-electron chi connectivity index (χ0n) is 9.93. The maximum Gasteiger partial charge on any atom is 0.311 e. The number of rotatable bonds is 3. The summed E-state index contributed by atoms with van der Waals surface area (Å²) in [6, 6.07) is 9.18. The zero-order valence-corrected chi connectivity index (χ0v) is 9.93. The largest absolute Gasteiger partial charge is 0.481 e. The number of hydrogen-bond acceptors (Lipinski definition) is 2. The van der Waals surface area contributed by atoms with E-state index in [0.717, 1.165) is 24.8 Å². The van der Waals surface area contributed by atoms with Gasteiger partial charge in [-0.1, -0.05) is 49.6 Å². The van der Waals surface area contributed by atoms with E-state index in [0.29, 0.717) is 12.8 Å². The summed E-state index contributed by atoms with van der Waals surface area (Å²) in [5.41, 5.74) is 6.39. The summed E-state index contributed by atoms with van der Waals surface area (Å²) >= 11 is 0. The van der Waals surface area contributed by atoms with Gasteiger partial charge in [0.15, 0.2) is 0 Å². The van der Waals surface area contributed by atoms with E-state index in [-0.39, 0.29) is 0 Å². The van der Waals surface area contributed by atoms with Crippen LogP contribution in [0.4, 0.5) is 0 Å². The van der Waals surface area contributed by atoms with Crippen LogP contribution in [-0.4, -0.2) is 11.1 Å². The smallest absolute Gasteiger partial charge is 0.311 e. The Hall–Kier alpha value is -1.35. The van der Waals surface area contributed by atoms with Gasteiger partial charge in [0.2, 0.25) is 0 Å². The minimum Gasteiger partial charge on any atom is -0.481 e. The standard InChI is InChI=1S/C14H19NO2/c15-12(11-7-3-1-4-8-11)14(13(16)17)9-5-2-6-10-14/h1,3-4,7-8,12H,2,5-6,9-10,15H2,(H,16,17)/t12-/m1/s1. The molecule has 0 aromatic heterocycles. The van der Waals surface area contributed by atoms with Gasteiger partial charge in [-0.2, -0.15) is 0 Å². The van der Waals surface area contributed by atoms with Gasteiger partial charge in [0.05, 0.1) is 5.41 Å². The molecule has 3 nitrogen and oxygen atoms in total. The van der Waals surface area contributed by atoms with E-state index < -0.39 is 17.4 Å². The molecule has 2 rings (SSSR count). The summed E-state index contributed by atoms with van der Waals surface area (Å²) < 4.78 is 0. The number of carbonyl (C=O) groups is 1. The summed E-state index contributed by atoms with van der Waals surface area (Å²) in [4.78, 5) is 11.6. The predicted molar refractivity (Wildman–Crippen MR) is 66.5 cm³/mol. The van der Waals surface area contributed by atoms with Crippen LogP contribution in [-0.2, 0) is 4.79 Å². The van der Waals surface area contributed by atoms with Gasteiger partial charge in [0, 0.05) is 6.04 Å². The van der Waals surface area contributed by atoms with Crippen LogP contribution in [0.25, 0.3) is 0 Å². The van der Waals surface area contributed by atoms with Crippen LogP contribution in [0.2, 0.25) is 0 Å². The molecule has 3 N–H and O–H groups in total. The number of hydrogen-bond donors (Lipinski definition) is 2. The average molecular weight is 233 g/mol. The van der Waals surface area contributed by atoms with Gasteiger partial charge < -0.3 is 10.8 Å². The molecule has 1 aliphatic rings. The van der Waals surface area contributed by atoms with Crippen molar-refractivity contribution < 1.29 is 9.90 Å². The van der Waals surface area contributed by atoms with Gasteiger partial charge in [-0.25, -0.2) is 0 Å². The number of nitrogens with two attached hydrogens (primary N) is 1. The van der Waals surface area contributed by atoms with Gasteiger partial charge >= 0.3 is 5.97 Å². The van der Waals surface area contributed by atoms with Gasteiger partial charge in [-0.3, -0.25) is 4.79 Å². The fourth-order valence-electron chi connectivity index (χ4n) is 2.82. The SMILES string of the molecule is N[C@H](c1ccccc1)C1(C(=O)O)CCCCC1. The van der Waals surface area contributed by atoms with Gasteiger partial charge in [0.25, 0.3) is 0 Å². The molecule has 17 heavy (non-hydrogen) atoms. The van der Waals surface area contributed by atoms with Crippen molar-refractivity contribution >= 4 is 5.97 Å². The molecule has 0 aliphatic heterocycles. The predicted octanol–water partition coefficient (Wildman–Crippen LogP) is 2.72. The van der Waals surface area contributed by atoms with Gasteiger partial charge in [0.1, 0.15) is 0 Å². The molecule has 1 saturated carbocycles. The highest BCUT2D eigenvalue weighted by Crippen LogP contribution is 2.45. The van der Waals surface area contributed by atoms with Crippen LogP contribution in [0.3, 0.4) is 0 Å². The third-order valence-corrected chi connectivity index (χ3v) is 3.93. The highest BCUT2D eigenvalue weighted by atomic mass is 16.4. The molecule has 0 bridgehead atoms. The Labute approximate surface area is 102 Å². The van der Waals surface area contributed by atoms with E-state index >= 15 is 0 Å². The Morgan fingerprint density at radius 1 is 1.18 bits per heavy atom. The van der Waals surface area contributed by atoms with E-state index in [2.05, 4.69) is 0 Å². The second-order valence-electron chi connectivity index (χ2n) is 4.91. The van der Waals surface area contributed by atoms with Crippen molar-refractivity contribution in [3.63, 3.8) is 0 Å². The van der Waals surface area contributed by atoms with Crippen LogP contribution in [0.15, 0.2) is 30.3 Å². The lowest BCUT2D eigenvalue weighted by molar-refractivity contribution is -0.152. The third kappa shape index (κ3) is 2.20. The third-order valence-electron chi connectivity index (χ3n) is 3.93. The first kappa shape index (κ1) is 12.1. The number of benzene rings is 1. The van der Waals surface area contributed by atoms with Gasteiger partial charge in [-0.15, -0.1) is 0 Å². The molecule has 0 spiro atoms. The Balaban J connectivity index is 2.30. The highest BCUT2D eigenvalue weighted by molar-refractivity contribution is 5.76. The summed E-state index contributed by atoms with van der Waals surface area (Å²) in [6.07, 6.45) is 4.44.